The minimum atomic E-state index is 0.728. The predicted molar refractivity (Wildman–Crippen MR) is 59.8 cm³/mol. The Kier molecular flexibility index (Phi) is 7.29. The van der Waals surface area contributed by atoms with E-state index in [9.17, 15) is 0 Å². The van der Waals surface area contributed by atoms with Crippen molar-refractivity contribution in [3.63, 3.8) is 0 Å². The van der Waals surface area contributed by atoms with E-state index in [1.807, 2.05) is 0 Å². The summed E-state index contributed by atoms with van der Waals surface area (Å²) in [6.07, 6.45) is 2.48. The van der Waals surface area contributed by atoms with E-state index in [4.69, 9.17) is 5.73 Å². The maximum Gasteiger partial charge on any atom is 0.0108 e. The van der Waals surface area contributed by atoms with Crippen LogP contribution in [0.25, 0.3) is 0 Å². The molecule has 0 atom stereocenters. The Morgan fingerprint density at radius 2 is 1.69 bits per heavy atom. The Balaban J connectivity index is 4.03. The number of nitrogens with two attached hydrogens (primary N) is 1. The van der Waals surface area contributed by atoms with Gasteiger partial charge in [0.15, 0.2) is 0 Å². The van der Waals surface area contributed by atoms with Crippen LogP contribution in [0.15, 0.2) is 0 Å². The SMILES string of the molecule is CCC(CC)N(CCN)CC(C)C. The fraction of sp³-hybridized carbons (Fsp3) is 1.00. The van der Waals surface area contributed by atoms with Crippen molar-refractivity contribution in [2.45, 2.75) is 46.6 Å². The molecule has 0 spiro atoms. The summed E-state index contributed by atoms with van der Waals surface area (Å²) < 4.78 is 0. The molecular weight excluding hydrogens is 160 g/mol. The van der Waals surface area contributed by atoms with E-state index in [-0.39, 0.29) is 0 Å². The second-order valence-corrected chi connectivity index (χ2v) is 4.15. The molecule has 0 aromatic carbocycles. The van der Waals surface area contributed by atoms with Crippen molar-refractivity contribution in [1.82, 2.24) is 4.90 Å². The van der Waals surface area contributed by atoms with Crippen LogP contribution in [0, 0.1) is 5.92 Å². The van der Waals surface area contributed by atoms with Gasteiger partial charge in [-0.1, -0.05) is 27.7 Å². The molecule has 0 aliphatic carbocycles. The van der Waals surface area contributed by atoms with Crippen LogP contribution in [0.5, 0.6) is 0 Å². The van der Waals surface area contributed by atoms with Gasteiger partial charge in [0.05, 0.1) is 0 Å². The van der Waals surface area contributed by atoms with Crippen LogP contribution in [0.2, 0.25) is 0 Å². The summed E-state index contributed by atoms with van der Waals surface area (Å²) in [5.74, 6) is 0.743. The van der Waals surface area contributed by atoms with Crippen molar-refractivity contribution >= 4 is 0 Å². The van der Waals surface area contributed by atoms with Crippen LogP contribution in [-0.2, 0) is 0 Å². The summed E-state index contributed by atoms with van der Waals surface area (Å²) >= 11 is 0. The summed E-state index contributed by atoms with van der Waals surface area (Å²) in [6, 6.07) is 0.728. The van der Waals surface area contributed by atoms with Crippen LogP contribution in [0.4, 0.5) is 0 Å². The lowest BCUT2D eigenvalue weighted by molar-refractivity contribution is 0.171. The van der Waals surface area contributed by atoms with Crippen molar-refractivity contribution < 1.29 is 0 Å². The Labute approximate surface area is 83.5 Å². The van der Waals surface area contributed by atoms with E-state index in [0.29, 0.717) is 0 Å². The first kappa shape index (κ1) is 12.9. The first-order valence-electron chi connectivity index (χ1n) is 5.59. The van der Waals surface area contributed by atoms with Crippen LogP contribution < -0.4 is 5.73 Å². The predicted octanol–water partition coefficient (Wildman–Crippen LogP) is 2.09. The van der Waals surface area contributed by atoms with Crippen molar-refractivity contribution in [1.29, 1.82) is 0 Å². The molecule has 0 fully saturated rings. The molecule has 0 aliphatic rings. The van der Waals surface area contributed by atoms with Gasteiger partial charge in [-0.2, -0.15) is 0 Å². The molecule has 0 aliphatic heterocycles. The molecule has 2 N–H and O–H groups in total. The molecule has 0 heterocycles. The van der Waals surface area contributed by atoms with Crippen LogP contribution in [0.3, 0.4) is 0 Å². The second-order valence-electron chi connectivity index (χ2n) is 4.15. The Morgan fingerprint density at radius 1 is 1.15 bits per heavy atom. The first-order valence-corrected chi connectivity index (χ1v) is 5.59. The monoisotopic (exact) mass is 186 g/mol. The van der Waals surface area contributed by atoms with E-state index in [1.165, 1.54) is 19.4 Å². The van der Waals surface area contributed by atoms with E-state index in [2.05, 4.69) is 32.6 Å². The van der Waals surface area contributed by atoms with Gasteiger partial charge in [0.2, 0.25) is 0 Å². The second kappa shape index (κ2) is 7.34. The average Bonchev–Trinajstić information content (AvgIpc) is 2.05. The third kappa shape index (κ3) is 5.27. The van der Waals surface area contributed by atoms with Gasteiger partial charge in [-0.3, -0.25) is 4.90 Å². The van der Waals surface area contributed by atoms with Gasteiger partial charge in [-0.05, 0) is 18.8 Å². The van der Waals surface area contributed by atoms with Gasteiger partial charge < -0.3 is 5.73 Å². The number of rotatable bonds is 7. The van der Waals surface area contributed by atoms with Crippen molar-refractivity contribution in [2.75, 3.05) is 19.6 Å². The smallest absolute Gasteiger partial charge is 0.0108 e. The Morgan fingerprint density at radius 3 is 2.00 bits per heavy atom. The zero-order valence-electron chi connectivity index (χ0n) is 9.71. The summed E-state index contributed by atoms with van der Waals surface area (Å²) in [5.41, 5.74) is 5.61. The van der Waals surface area contributed by atoms with Gasteiger partial charge in [-0.15, -0.1) is 0 Å². The molecule has 0 bridgehead atoms. The fourth-order valence-electron chi connectivity index (χ4n) is 1.86. The fourth-order valence-corrected chi connectivity index (χ4v) is 1.86. The molecular formula is C11H26N2. The summed E-state index contributed by atoms with van der Waals surface area (Å²) in [4.78, 5) is 2.53. The van der Waals surface area contributed by atoms with Crippen LogP contribution in [0.1, 0.15) is 40.5 Å². The molecule has 0 saturated carbocycles. The Bertz CT molecular complexity index is 109. The molecule has 0 rings (SSSR count). The summed E-state index contributed by atoms with van der Waals surface area (Å²) in [7, 11) is 0. The molecule has 0 saturated heterocycles. The van der Waals surface area contributed by atoms with Gasteiger partial charge >= 0.3 is 0 Å². The number of hydrogen-bond acceptors (Lipinski definition) is 2. The highest BCUT2D eigenvalue weighted by Crippen LogP contribution is 2.10. The normalized spacial score (nSPS) is 12.0. The van der Waals surface area contributed by atoms with Gasteiger partial charge in [0, 0.05) is 25.7 Å². The molecule has 0 aromatic heterocycles. The largest absolute Gasteiger partial charge is 0.329 e. The first-order chi connectivity index (χ1) is 6.15. The third-order valence-electron chi connectivity index (χ3n) is 2.47. The topological polar surface area (TPSA) is 29.3 Å². The van der Waals surface area contributed by atoms with Crippen molar-refractivity contribution in [3.05, 3.63) is 0 Å². The number of nitrogens with zero attached hydrogens (tertiary/aromatic N) is 1. The van der Waals surface area contributed by atoms with Crippen LogP contribution >= 0.6 is 0 Å². The summed E-state index contributed by atoms with van der Waals surface area (Å²) in [6.45, 7) is 12.1. The van der Waals surface area contributed by atoms with E-state index < -0.39 is 0 Å². The van der Waals surface area contributed by atoms with Crippen LogP contribution in [-0.4, -0.2) is 30.6 Å². The highest BCUT2D eigenvalue weighted by Gasteiger charge is 2.14. The summed E-state index contributed by atoms with van der Waals surface area (Å²) in [5, 5.41) is 0. The molecule has 2 heteroatoms. The zero-order chi connectivity index (χ0) is 10.3. The maximum absolute atomic E-state index is 5.61. The quantitative estimate of drug-likeness (QED) is 0.659. The van der Waals surface area contributed by atoms with Crippen molar-refractivity contribution in [2.24, 2.45) is 11.7 Å². The molecule has 2 nitrogen and oxygen atoms in total. The number of hydrogen-bond donors (Lipinski definition) is 1. The van der Waals surface area contributed by atoms with Gasteiger partial charge in [-0.25, -0.2) is 0 Å². The zero-order valence-corrected chi connectivity index (χ0v) is 9.71. The molecule has 13 heavy (non-hydrogen) atoms. The van der Waals surface area contributed by atoms with E-state index >= 15 is 0 Å². The maximum atomic E-state index is 5.61. The van der Waals surface area contributed by atoms with Crippen molar-refractivity contribution in [3.8, 4) is 0 Å². The molecule has 0 radical (unpaired) electrons. The molecule has 0 amide bonds. The Hall–Kier alpha value is -0.0800. The third-order valence-corrected chi connectivity index (χ3v) is 2.47. The highest BCUT2D eigenvalue weighted by atomic mass is 15.2. The minimum absolute atomic E-state index is 0.728. The lowest BCUT2D eigenvalue weighted by atomic mass is 10.1. The lowest BCUT2D eigenvalue weighted by Gasteiger charge is -2.31. The molecule has 0 unspecified atom stereocenters. The molecule has 80 valence electrons. The van der Waals surface area contributed by atoms with E-state index in [0.717, 1.165) is 25.0 Å². The highest BCUT2D eigenvalue weighted by molar-refractivity contribution is 4.70. The van der Waals surface area contributed by atoms with Gasteiger partial charge in [0.1, 0.15) is 0 Å². The van der Waals surface area contributed by atoms with E-state index in [1.54, 1.807) is 0 Å². The molecule has 0 aromatic rings. The average molecular weight is 186 g/mol. The lowest BCUT2D eigenvalue weighted by Crippen LogP contribution is -2.40. The minimum Gasteiger partial charge on any atom is -0.329 e. The van der Waals surface area contributed by atoms with Gasteiger partial charge in [0.25, 0.3) is 0 Å². The standard InChI is InChI=1S/C11H26N2/c1-5-11(6-2)13(8-7-12)9-10(3)4/h10-11H,5-9,12H2,1-4H3.